The van der Waals surface area contributed by atoms with Crippen LogP contribution in [-0.2, 0) is 21.1 Å². The Balaban J connectivity index is 1.70. The fourth-order valence-corrected chi connectivity index (χ4v) is 4.81. The van der Waals surface area contributed by atoms with E-state index in [-0.39, 0.29) is 10.5 Å². The molecule has 0 saturated carbocycles. The highest BCUT2D eigenvalue weighted by Gasteiger charge is 2.21. The molecule has 0 bridgehead atoms. The predicted octanol–water partition coefficient (Wildman–Crippen LogP) is 5.02. The van der Waals surface area contributed by atoms with E-state index in [0.717, 1.165) is 17.4 Å². The van der Waals surface area contributed by atoms with Crippen molar-refractivity contribution in [3.05, 3.63) is 100 Å². The Bertz CT molecular complexity index is 1540. The van der Waals surface area contributed by atoms with E-state index in [0.29, 0.717) is 28.0 Å². The average molecular weight is 525 g/mol. The number of halogens is 1. The maximum atomic E-state index is 13.5. The first-order valence-electron chi connectivity index (χ1n) is 11.1. The number of carbonyl (C=O) groups is 2. The van der Waals surface area contributed by atoms with Gasteiger partial charge in [0.25, 0.3) is 5.91 Å². The van der Waals surface area contributed by atoms with Crippen LogP contribution in [0.4, 0.5) is 0 Å². The predicted molar refractivity (Wildman–Crippen MR) is 139 cm³/mol. The maximum Gasteiger partial charge on any atom is 0.337 e. The van der Waals surface area contributed by atoms with Crippen molar-refractivity contribution < 1.29 is 22.7 Å². The SMILES string of the molecule is COC(=O)c1ccc([C@H](C)NC(=O)c2cc(S(C)(=O)=O)cc3ccn(Cc4ccc(Cl)cc4)c23)cc1. The van der Waals surface area contributed by atoms with Gasteiger partial charge in [-0.25, -0.2) is 13.2 Å². The zero-order valence-corrected chi connectivity index (χ0v) is 21.6. The molecule has 0 saturated heterocycles. The van der Waals surface area contributed by atoms with Gasteiger partial charge in [0.2, 0.25) is 0 Å². The summed E-state index contributed by atoms with van der Waals surface area (Å²) in [7, 11) is -2.24. The van der Waals surface area contributed by atoms with Crippen molar-refractivity contribution in [2.75, 3.05) is 13.4 Å². The fourth-order valence-electron chi connectivity index (χ4n) is 4.01. The number of amides is 1. The molecule has 0 radical (unpaired) electrons. The lowest BCUT2D eigenvalue weighted by molar-refractivity contribution is 0.0600. The summed E-state index contributed by atoms with van der Waals surface area (Å²) in [5.41, 5.74) is 3.05. The minimum absolute atomic E-state index is 0.0690. The highest BCUT2D eigenvalue weighted by atomic mass is 35.5. The maximum absolute atomic E-state index is 13.5. The third-order valence-electron chi connectivity index (χ3n) is 5.95. The van der Waals surface area contributed by atoms with Gasteiger partial charge in [-0.2, -0.15) is 0 Å². The normalized spacial score (nSPS) is 12.3. The Morgan fingerprint density at radius 1 is 1.03 bits per heavy atom. The Morgan fingerprint density at radius 2 is 1.69 bits per heavy atom. The number of sulfone groups is 1. The van der Waals surface area contributed by atoms with Crippen LogP contribution in [0, 0.1) is 0 Å². The van der Waals surface area contributed by atoms with E-state index in [4.69, 9.17) is 16.3 Å². The molecule has 1 atom stereocenters. The number of nitrogens with one attached hydrogen (secondary N) is 1. The van der Waals surface area contributed by atoms with Gasteiger partial charge in [0.1, 0.15) is 0 Å². The molecule has 36 heavy (non-hydrogen) atoms. The topological polar surface area (TPSA) is 94.5 Å². The van der Waals surface area contributed by atoms with Crippen molar-refractivity contribution >= 4 is 44.2 Å². The number of esters is 1. The van der Waals surface area contributed by atoms with Crippen LogP contribution in [0.25, 0.3) is 10.9 Å². The lowest BCUT2D eigenvalue weighted by Crippen LogP contribution is -2.27. The molecule has 0 unspecified atom stereocenters. The number of hydrogen-bond donors (Lipinski definition) is 1. The van der Waals surface area contributed by atoms with E-state index in [2.05, 4.69) is 5.32 Å². The van der Waals surface area contributed by atoms with Crippen molar-refractivity contribution in [1.82, 2.24) is 9.88 Å². The summed E-state index contributed by atoms with van der Waals surface area (Å²) < 4.78 is 31.3. The Labute approximate surface area is 214 Å². The van der Waals surface area contributed by atoms with Crippen LogP contribution in [-0.4, -0.2) is 38.2 Å². The number of methoxy groups -OCH3 is 1. The molecule has 0 spiro atoms. The van der Waals surface area contributed by atoms with Crippen molar-refractivity contribution in [3.8, 4) is 0 Å². The van der Waals surface area contributed by atoms with Crippen LogP contribution in [0.1, 0.15) is 44.8 Å². The summed E-state index contributed by atoms with van der Waals surface area (Å²) in [6.45, 7) is 2.29. The molecule has 9 heteroatoms. The van der Waals surface area contributed by atoms with Gasteiger partial charge in [-0.15, -0.1) is 0 Å². The molecule has 4 aromatic rings. The first-order valence-corrected chi connectivity index (χ1v) is 13.4. The number of aromatic nitrogens is 1. The number of benzene rings is 3. The molecule has 186 valence electrons. The number of rotatable bonds is 7. The smallest absolute Gasteiger partial charge is 0.337 e. The van der Waals surface area contributed by atoms with Crippen LogP contribution in [0.3, 0.4) is 0 Å². The first-order chi connectivity index (χ1) is 17.1. The van der Waals surface area contributed by atoms with Crippen molar-refractivity contribution in [3.63, 3.8) is 0 Å². The molecule has 0 aliphatic heterocycles. The zero-order valence-electron chi connectivity index (χ0n) is 20.0. The highest BCUT2D eigenvalue weighted by molar-refractivity contribution is 7.90. The van der Waals surface area contributed by atoms with Crippen LogP contribution in [0.2, 0.25) is 5.02 Å². The molecular weight excluding hydrogens is 500 g/mol. The molecule has 1 heterocycles. The molecular formula is C27H25ClN2O5S. The Kier molecular flexibility index (Phi) is 7.19. The third kappa shape index (κ3) is 5.45. The zero-order chi connectivity index (χ0) is 26.0. The lowest BCUT2D eigenvalue weighted by Gasteiger charge is -2.17. The number of ether oxygens (including phenoxy) is 1. The molecule has 0 fully saturated rings. The van der Waals surface area contributed by atoms with Gasteiger partial charge in [-0.05, 0) is 60.5 Å². The first kappa shape index (κ1) is 25.5. The Morgan fingerprint density at radius 3 is 2.31 bits per heavy atom. The number of fused-ring (bicyclic) bond motifs is 1. The standard InChI is InChI=1S/C27H25ClN2O5S/c1-17(19-6-8-20(9-7-19)27(32)35-2)29-26(31)24-15-23(36(3,33)34)14-21-12-13-30(25(21)24)16-18-4-10-22(28)11-5-18/h4-15,17H,16H2,1-3H3,(H,29,31)/t17-/m0/s1. The molecule has 1 aromatic heterocycles. The van der Waals surface area contributed by atoms with Crippen molar-refractivity contribution in [2.45, 2.75) is 24.4 Å². The summed E-state index contributed by atoms with van der Waals surface area (Å²) in [5, 5.41) is 4.23. The molecule has 0 aliphatic rings. The molecule has 0 aliphatic carbocycles. The van der Waals surface area contributed by atoms with Gasteiger partial charge in [-0.3, -0.25) is 4.79 Å². The molecule has 1 N–H and O–H groups in total. The molecule has 3 aromatic carbocycles. The minimum atomic E-state index is -3.55. The summed E-state index contributed by atoms with van der Waals surface area (Å²) in [4.78, 5) is 25.2. The van der Waals surface area contributed by atoms with Crippen molar-refractivity contribution in [1.29, 1.82) is 0 Å². The molecule has 1 amide bonds. The van der Waals surface area contributed by atoms with E-state index >= 15 is 0 Å². The summed E-state index contributed by atoms with van der Waals surface area (Å²) in [6.07, 6.45) is 2.95. The highest BCUT2D eigenvalue weighted by Crippen LogP contribution is 2.27. The summed E-state index contributed by atoms with van der Waals surface area (Å²) >= 11 is 6.01. The fraction of sp³-hybridized carbons (Fsp3) is 0.185. The third-order valence-corrected chi connectivity index (χ3v) is 7.30. The molecule has 4 rings (SSSR count). The van der Waals surface area contributed by atoms with E-state index in [9.17, 15) is 18.0 Å². The largest absolute Gasteiger partial charge is 0.465 e. The molecule has 7 nitrogen and oxygen atoms in total. The van der Waals surface area contributed by atoms with E-state index in [1.165, 1.54) is 13.2 Å². The van der Waals surface area contributed by atoms with E-state index < -0.39 is 27.8 Å². The second kappa shape index (κ2) is 10.2. The van der Waals surface area contributed by atoms with Gasteiger partial charge < -0.3 is 14.6 Å². The quantitative estimate of drug-likeness (QED) is 0.342. The average Bonchev–Trinajstić information content (AvgIpc) is 3.26. The van der Waals surface area contributed by atoms with Gasteiger partial charge >= 0.3 is 5.97 Å². The van der Waals surface area contributed by atoms with Gasteiger partial charge in [0.15, 0.2) is 9.84 Å². The van der Waals surface area contributed by atoms with Crippen LogP contribution in [0.5, 0.6) is 0 Å². The second-order valence-electron chi connectivity index (χ2n) is 8.56. The van der Waals surface area contributed by atoms with Crippen molar-refractivity contribution in [2.24, 2.45) is 0 Å². The van der Waals surface area contributed by atoms with Gasteiger partial charge in [0.05, 0.1) is 34.7 Å². The van der Waals surface area contributed by atoms with Gasteiger partial charge in [-0.1, -0.05) is 35.9 Å². The Hall–Kier alpha value is -3.62. The van der Waals surface area contributed by atoms with Crippen LogP contribution < -0.4 is 5.32 Å². The monoisotopic (exact) mass is 524 g/mol. The second-order valence-corrected chi connectivity index (χ2v) is 11.0. The number of carbonyl (C=O) groups excluding carboxylic acids is 2. The van der Waals surface area contributed by atoms with Gasteiger partial charge in [0, 0.05) is 29.4 Å². The lowest BCUT2D eigenvalue weighted by atomic mass is 10.0. The van der Waals surface area contributed by atoms with Crippen LogP contribution in [0.15, 0.2) is 77.8 Å². The van der Waals surface area contributed by atoms with E-state index in [1.807, 2.05) is 29.8 Å². The van der Waals surface area contributed by atoms with Crippen LogP contribution >= 0.6 is 11.6 Å². The summed E-state index contributed by atoms with van der Waals surface area (Å²) in [6, 6.07) is 18.5. The number of hydrogen-bond acceptors (Lipinski definition) is 5. The number of nitrogens with zero attached hydrogens (tertiary/aromatic N) is 1. The minimum Gasteiger partial charge on any atom is -0.465 e. The van der Waals surface area contributed by atoms with E-state index in [1.54, 1.807) is 48.5 Å². The summed E-state index contributed by atoms with van der Waals surface area (Å²) in [5.74, 6) is -0.856.